The largest absolute Gasteiger partial charge is 0.384 e. The molecule has 0 amide bonds. The molecule has 1 aliphatic rings. The maximum absolute atomic E-state index is 5.72. The fourth-order valence-electron chi connectivity index (χ4n) is 2.39. The van der Waals surface area contributed by atoms with Crippen LogP contribution in [0.2, 0.25) is 0 Å². The third-order valence-corrected chi connectivity index (χ3v) is 3.23. The Morgan fingerprint density at radius 3 is 3.11 bits per heavy atom. The Balaban J connectivity index is 2.12. The number of anilines is 3. The van der Waals surface area contributed by atoms with E-state index in [1.165, 1.54) is 6.42 Å². The molecule has 1 aliphatic heterocycles. The number of hydrogen-bond donors (Lipinski definition) is 2. The zero-order valence-electron chi connectivity index (χ0n) is 11.0. The standard InChI is InChI=1S/C12H21N5O/c1-14-10-6-11(16-12(13)15-10)17-5-3-4-9(7-17)8-18-2/h6,9H,3-5,7-8H2,1-2H3,(H3,13,14,15,16). The van der Waals surface area contributed by atoms with E-state index in [2.05, 4.69) is 20.2 Å². The summed E-state index contributed by atoms with van der Waals surface area (Å²) in [5, 5.41) is 3.00. The molecule has 0 bridgehead atoms. The van der Waals surface area contributed by atoms with Crippen LogP contribution in [0.5, 0.6) is 0 Å². The molecule has 0 aliphatic carbocycles. The quantitative estimate of drug-likeness (QED) is 0.830. The maximum Gasteiger partial charge on any atom is 0.223 e. The molecular weight excluding hydrogens is 230 g/mol. The van der Waals surface area contributed by atoms with Gasteiger partial charge in [0.2, 0.25) is 5.95 Å². The van der Waals surface area contributed by atoms with Gasteiger partial charge in [0.1, 0.15) is 11.6 Å². The highest BCUT2D eigenvalue weighted by atomic mass is 16.5. The number of nitrogens with one attached hydrogen (secondary N) is 1. The van der Waals surface area contributed by atoms with Gasteiger partial charge in [-0.3, -0.25) is 0 Å². The van der Waals surface area contributed by atoms with Gasteiger partial charge in [-0.15, -0.1) is 0 Å². The van der Waals surface area contributed by atoms with Gasteiger partial charge in [-0.25, -0.2) is 0 Å². The molecule has 2 heterocycles. The number of rotatable bonds is 4. The smallest absolute Gasteiger partial charge is 0.223 e. The summed E-state index contributed by atoms with van der Waals surface area (Å²) in [5.41, 5.74) is 5.72. The van der Waals surface area contributed by atoms with Crippen LogP contribution in [0.4, 0.5) is 17.6 Å². The number of piperidine rings is 1. The van der Waals surface area contributed by atoms with Crippen LogP contribution in [0.3, 0.4) is 0 Å². The molecule has 0 saturated carbocycles. The molecule has 0 aromatic carbocycles. The maximum atomic E-state index is 5.72. The van der Waals surface area contributed by atoms with Crippen LogP contribution in [0.25, 0.3) is 0 Å². The molecule has 1 aromatic rings. The summed E-state index contributed by atoms with van der Waals surface area (Å²) in [4.78, 5) is 10.7. The molecule has 1 aromatic heterocycles. The Morgan fingerprint density at radius 1 is 1.56 bits per heavy atom. The predicted molar refractivity (Wildman–Crippen MR) is 72.8 cm³/mol. The Bertz CT molecular complexity index is 396. The molecule has 1 saturated heterocycles. The Hall–Kier alpha value is -1.56. The zero-order chi connectivity index (χ0) is 13.0. The molecule has 100 valence electrons. The van der Waals surface area contributed by atoms with Crippen molar-refractivity contribution in [3.63, 3.8) is 0 Å². The lowest BCUT2D eigenvalue weighted by Gasteiger charge is -2.33. The molecule has 6 nitrogen and oxygen atoms in total. The van der Waals surface area contributed by atoms with Crippen molar-refractivity contribution in [1.29, 1.82) is 0 Å². The number of ether oxygens (including phenoxy) is 1. The van der Waals surface area contributed by atoms with Crippen LogP contribution in [0, 0.1) is 5.92 Å². The first-order valence-corrected chi connectivity index (χ1v) is 6.29. The van der Waals surface area contributed by atoms with E-state index in [9.17, 15) is 0 Å². The summed E-state index contributed by atoms with van der Waals surface area (Å²) < 4.78 is 5.24. The fraction of sp³-hybridized carbons (Fsp3) is 0.667. The monoisotopic (exact) mass is 251 g/mol. The van der Waals surface area contributed by atoms with Gasteiger partial charge >= 0.3 is 0 Å². The molecule has 0 radical (unpaired) electrons. The Kier molecular flexibility index (Phi) is 4.19. The minimum absolute atomic E-state index is 0.311. The van der Waals surface area contributed by atoms with Crippen LogP contribution >= 0.6 is 0 Å². The summed E-state index contributed by atoms with van der Waals surface area (Å²) in [7, 11) is 3.58. The van der Waals surface area contributed by atoms with Crippen molar-refractivity contribution in [2.45, 2.75) is 12.8 Å². The third-order valence-electron chi connectivity index (χ3n) is 3.23. The minimum atomic E-state index is 0.311. The van der Waals surface area contributed by atoms with Gasteiger partial charge in [-0.1, -0.05) is 0 Å². The van der Waals surface area contributed by atoms with Crippen molar-refractivity contribution in [2.75, 3.05) is 49.8 Å². The van der Waals surface area contributed by atoms with Crippen molar-refractivity contribution in [3.8, 4) is 0 Å². The second-order valence-electron chi connectivity index (χ2n) is 4.63. The summed E-state index contributed by atoms with van der Waals surface area (Å²) in [6.45, 7) is 2.78. The number of aromatic nitrogens is 2. The van der Waals surface area contributed by atoms with E-state index in [0.717, 1.165) is 37.8 Å². The summed E-state index contributed by atoms with van der Waals surface area (Å²) in [6.07, 6.45) is 2.37. The summed E-state index contributed by atoms with van der Waals surface area (Å²) >= 11 is 0. The Morgan fingerprint density at radius 2 is 2.39 bits per heavy atom. The van der Waals surface area contributed by atoms with Gasteiger partial charge in [-0.2, -0.15) is 9.97 Å². The van der Waals surface area contributed by atoms with Gasteiger partial charge in [0.15, 0.2) is 0 Å². The van der Waals surface area contributed by atoms with Gasteiger partial charge in [0.05, 0.1) is 6.61 Å². The molecule has 1 atom stereocenters. The van der Waals surface area contributed by atoms with Crippen molar-refractivity contribution in [2.24, 2.45) is 5.92 Å². The van der Waals surface area contributed by atoms with Gasteiger partial charge in [-0.05, 0) is 18.8 Å². The number of nitrogen functional groups attached to an aromatic ring is 1. The number of nitrogens with zero attached hydrogens (tertiary/aromatic N) is 3. The SMILES string of the molecule is CNc1cc(N2CCCC(COC)C2)nc(N)n1. The van der Waals surface area contributed by atoms with Gasteiger partial charge in [0, 0.05) is 33.3 Å². The van der Waals surface area contributed by atoms with Gasteiger partial charge in [0.25, 0.3) is 0 Å². The molecule has 0 spiro atoms. The second-order valence-corrected chi connectivity index (χ2v) is 4.63. The average molecular weight is 251 g/mol. The van der Waals surface area contributed by atoms with E-state index >= 15 is 0 Å². The first-order chi connectivity index (χ1) is 8.72. The molecule has 18 heavy (non-hydrogen) atoms. The van der Waals surface area contributed by atoms with E-state index in [0.29, 0.717) is 11.9 Å². The first-order valence-electron chi connectivity index (χ1n) is 6.29. The van der Waals surface area contributed by atoms with Crippen molar-refractivity contribution in [1.82, 2.24) is 9.97 Å². The predicted octanol–water partition coefficient (Wildman–Crippen LogP) is 0.963. The number of nitrogens with two attached hydrogens (primary N) is 1. The average Bonchev–Trinajstić information content (AvgIpc) is 2.39. The van der Waals surface area contributed by atoms with Crippen LogP contribution in [0.1, 0.15) is 12.8 Å². The zero-order valence-corrected chi connectivity index (χ0v) is 11.0. The normalized spacial score (nSPS) is 19.9. The highest BCUT2D eigenvalue weighted by molar-refractivity contribution is 5.52. The fourth-order valence-corrected chi connectivity index (χ4v) is 2.39. The third kappa shape index (κ3) is 3.01. The molecule has 1 unspecified atom stereocenters. The second kappa shape index (κ2) is 5.86. The summed E-state index contributed by atoms with van der Waals surface area (Å²) in [6, 6.07) is 1.94. The highest BCUT2D eigenvalue weighted by Crippen LogP contribution is 2.23. The van der Waals surface area contributed by atoms with Crippen LogP contribution < -0.4 is 16.0 Å². The van der Waals surface area contributed by atoms with Crippen LogP contribution in [0.15, 0.2) is 6.07 Å². The van der Waals surface area contributed by atoms with Crippen molar-refractivity contribution < 1.29 is 4.74 Å². The summed E-state index contributed by atoms with van der Waals surface area (Å²) in [5.74, 6) is 2.53. The highest BCUT2D eigenvalue weighted by Gasteiger charge is 2.21. The molecular formula is C12H21N5O. The minimum Gasteiger partial charge on any atom is -0.384 e. The Labute approximate surface area is 108 Å². The number of hydrogen-bond acceptors (Lipinski definition) is 6. The lowest BCUT2D eigenvalue weighted by Crippen LogP contribution is -2.37. The molecule has 2 rings (SSSR count). The van der Waals surface area contributed by atoms with E-state index in [-0.39, 0.29) is 0 Å². The van der Waals surface area contributed by atoms with E-state index < -0.39 is 0 Å². The van der Waals surface area contributed by atoms with Crippen LogP contribution in [-0.2, 0) is 4.74 Å². The lowest BCUT2D eigenvalue weighted by molar-refractivity contribution is 0.143. The number of methoxy groups -OCH3 is 1. The molecule has 1 fully saturated rings. The van der Waals surface area contributed by atoms with Crippen molar-refractivity contribution >= 4 is 17.6 Å². The lowest BCUT2D eigenvalue weighted by atomic mass is 9.99. The first kappa shape index (κ1) is 12.9. The van der Waals surface area contributed by atoms with Crippen molar-refractivity contribution in [3.05, 3.63) is 6.07 Å². The molecule has 3 N–H and O–H groups in total. The van der Waals surface area contributed by atoms with E-state index in [1.807, 2.05) is 13.1 Å². The molecule has 6 heteroatoms. The van der Waals surface area contributed by atoms with E-state index in [4.69, 9.17) is 10.5 Å². The van der Waals surface area contributed by atoms with Gasteiger partial charge < -0.3 is 20.7 Å². The van der Waals surface area contributed by atoms with E-state index in [1.54, 1.807) is 7.11 Å². The van der Waals surface area contributed by atoms with Crippen LogP contribution in [-0.4, -0.2) is 43.8 Å². The topological polar surface area (TPSA) is 76.3 Å².